The van der Waals surface area contributed by atoms with Crippen molar-refractivity contribution < 1.29 is 5.11 Å². The van der Waals surface area contributed by atoms with Gasteiger partial charge >= 0.3 is 0 Å². The summed E-state index contributed by atoms with van der Waals surface area (Å²) in [7, 11) is 0. The Hall–Kier alpha value is -1.03. The van der Waals surface area contributed by atoms with E-state index in [0.717, 1.165) is 21.6 Å². The molecule has 0 bridgehead atoms. The first-order valence-electron chi connectivity index (χ1n) is 5.18. The van der Waals surface area contributed by atoms with Crippen LogP contribution in [0.15, 0.2) is 29.6 Å². The topological polar surface area (TPSA) is 46.2 Å². The molecule has 92 valence electrons. The van der Waals surface area contributed by atoms with Crippen molar-refractivity contribution >= 4 is 23.7 Å². The van der Waals surface area contributed by atoms with Crippen LogP contribution in [0.5, 0.6) is 5.75 Å². The van der Waals surface area contributed by atoms with Crippen molar-refractivity contribution in [3.8, 4) is 5.75 Å². The van der Waals surface area contributed by atoms with Gasteiger partial charge in [-0.3, -0.25) is 0 Å². The molecule has 1 aromatic heterocycles. The number of nitrogens with two attached hydrogens (primary N) is 1. The Morgan fingerprint density at radius 1 is 1.24 bits per heavy atom. The molecule has 2 rings (SSSR count). The molecule has 0 aliphatic heterocycles. The molecule has 1 aromatic carbocycles. The maximum atomic E-state index is 9.49. The Labute approximate surface area is 112 Å². The minimum atomic E-state index is -0.0967. The molecule has 0 fully saturated rings. The summed E-state index contributed by atoms with van der Waals surface area (Å²) >= 11 is 1.66. The second-order valence-corrected chi connectivity index (χ2v) is 4.97. The van der Waals surface area contributed by atoms with E-state index in [4.69, 9.17) is 5.73 Å². The highest BCUT2D eigenvalue weighted by molar-refractivity contribution is 7.10. The van der Waals surface area contributed by atoms with Crippen LogP contribution in [0.1, 0.15) is 27.6 Å². The first-order chi connectivity index (χ1) is 7.59. The van der Waals surface area contributed by atoms with Gasteiger partial charge in [0.15, 0.2) is 0 Å². The molecule has 3 N–H and O–H groups in total. The van der Waals surface area contributed by atoms with Gasteiger partial charge in [0.1, 0.15) is 5.75 Å². The van der Waals surface area contributed by atoms with Crippen LogP contribution in [0.3, 0.4) is 0 Å². The highest BCUT2D eigenvalue weighted by Crippen LogP contribution is 2.30. The van der Waals surface area contributed by atoms with E-state index in [9.17, 15) is 5.11 Å². The monoisotopic (exact) mass is 269 g/mol. The average molecular weight is 270 g/mol. The minimum Gasteiger partial charge on any atom is -0.508 e. The van der Waals surface area contributed by atoms with Gasteiger partial charge in [-0.2, -0.15) is 0 Å². The van der Waals surface area contributed by atoms with E-state index < -0.39 is 0 Å². The van der Waals surface area contributed by atoms with Gasteiger partial charge in [0, 0.05) is 4.88 Å². The van der Waals surface area contributed by atoms with E-state index >= 15 is 0 Å². The van der Waals surface area contributed by atoms with Crippen LogP contribution in [-0.4, -0.2) is 5.11 Å². The van der Waals surface area contributed by atoms with Gasteiger partial charge in [-0.1, -0.05) is 6.07 Å². The summed E-state index contributed by atoms with van der Waals surface area (Å²) in [5.41, 5.74) is 9.43. The van der Waals surface area contributed by atoms with Crippen LogP contribution >= 0.6 is 23.7 Å². The lowest BCUT2D eigenvalue weighted by Crippen LogP contribution is -2.13. The van der Waals surface area contributed by atoms with Crippen LogP contribution in [0.4, 0.5) is 0 Å². The summed E-state index contributed by atoms with van der Waals surface area (Å²) in [4.78, 5) is 1.15. The standard InChI is InChI=1S/C13H15NOS.ClH/c1-8-6-10(15)7-9(2)12(8)13(14)11-4-3-5-16-11;/h3-7,13,15H,14H2,1-2H3;1H/t13-;/m0./s1. The Bertz CT molecular complexity index is 473. The molecule has 0 saturated carbocycles. The van der Waals surface area contributed by atoms with Crippen molar-refractivity contribution in [2.24, 2.45) is 5.73 Å². The van der Waals surface area contributed by atoms with Crippen LogP contribution < -0.4 is 5.73 Å². The molecular weight excluding hydrogens is 254 g/mol. The zero-order valence-corrected chi connectivity index (χ0v) is 11.4. The molecule has 0 radical (unpaired) electrons. The first kappa shape index (κ1) is 14.0. The van der Waals surface area contributed by atoms with Crippen molar-refractivity contribution in [2.45, 2.75) is 19.9 Å². The summed E-state index contributed by atoms with van der Waals surface area (Å²) in [6, 6.07) is 7.47. The lowest BCUT2D eigenvalue weighted by molar-refractivity contribution is 0.474. The number of phenols is 1. The predicted molar refractivity (Wildman–Crippen MR) is 75.2 cm³/mol. The fraction of sp³-hybridized carbons (Fsp3) is 0.231. The molecule has 1 heterocycles. The van der Waals surface area contributed by atoms with Gasteiger partial charge in [-0.05, 0) is 54.1 Å². The molecule has 2 aromatic rings. The molecule has 0 aliphatic rings. The molecule has 0 amide bonds. The Kier molecular flexibility index (Phi) is 4.57. The van der Waals surface area contributed by atoms with Crippen LogP contribution in [0.25, 0.3) is 0 Å². The number of rotatable bonds is 2. The van der Waals surface area contributed by atoms with Crippen molar-refractivity contribution in [2.75, 3.05) is 0 Å². The zero-order valence-electron chi connectivity index (χ0n) is 9.81. The van der Waals surface area contributed by atoms with Gasteiger partial charge in [0.2, 0.25) is 0 Å². The summed E-state index contributed by atoms with van der Waals surface area (Å²) in [6.07, 6.45) is 0. The first-order valence-corrected chi connectivity index (χ1v) is 6.06. The van der Waals surface area contributed by atoms with Gasteiger partial charge in [0.25, 0.3) is 0 Å². The number of hydrogen-bond acceptors (Lipinski definition) is 3. The normalized spacial score (nSPS) is 11.9. The molecular formula is C13H16ClNOS. The fourth-order valence-electron chi connectivity index (χ4n) is 2.05. The highest BCUT2D eigenvalue weighted by Gasteiger charge is 2.15. The third kappa shape index (κ3) is 2.80. The third-order valence-corrected chi connectivity index (χ3v) is 3.69. The fourth-order valence-corrected chi connectivity index (χ4v) is 2.79. The van der Waals surface area contributed by atoms with Crippen molar-refractivity contribution in [3.63, 3.8) is 0 Å². The molecule has 2 nitrogen and oxygen atoms in total. The molecule has 1 atom stereocenters. The maximum absolute atomic E-state index is 9.49. The van der Waals surface area contributed by atoms with Crippen LogP contribution in [0.2, 0.25) is 0 Å². The van der Waals surface area contributed by atoms with Gasteiger partial charge in [-0.25, -0.2) is 0 Å². The third-order valence-electron chi connectivity index (χ3n) is 2.74. The summed E-state index contributed by atoms with van der Waals surface area (Å²) < 4.78 is 0. The largest absolute Gasteiger partial charge is 0.508 e. The van der Waals surface area contributed by atoms with E-state index in [1.807, 2.05) is 31.4 Å². The van der Waals surface area contributed by atoms with E-state index in [-0.39, 0.29) is 18.4 Å². The van der Waals surface area contributed by atoms with Gasteiger partial charge < -0.3 is 10.8 Å². The van der Waals surface area contributed by atoms with Gasteiger partial charge in [0.05, 0.1) is 6.04 Å². The Balaban J connectivity index is 0.00000144. The summed E-state index contributed by atoms with van der Waals surface area (Å²) in [5.74, 6) is 0.303. The Morgan fingerprint density at radius 3 is 2.29 bits per heavy atom. The lowest BCUT2D eigenvalue weighted by Gasteiger charge is -2.16. The number of halogens is 1. The number of hydrogen-bond donors (Lipinski definition) is 2. The SMILES string of the molecule is Cc1cc(O)cc(C)c1[C@@H](N)c1cccs1.Cl. The van der Waals surface area contributed by atoms with E-state index in [1.165, 1.54) is 0 Å². The van der Waals surface area contributed by atoms with Crippen LogP contribution in [0, 0.1) is 13.8 Å². The van der Waals surface area contributed by atoms with Gasteiger partial charge in [-0.15, -0.1) is 23.7 Å². The minimum absolute atomic E-state index is 0. The van der Waals surface area contributed by atoms with E-state index in [2.05, 4.69) is 0 Å². The molecule has 0 unspecified atom stereocenters. The molecule has 0 spiro atoms. The lowest BCUT2D eigenvalue weighted by atomic mass is 9.95. The number of phenolic OH excluding ortho intramolecular Hbond substituents is 1. The maximum Gasteiger partial charge on any atom is 0.116 e. The summed E-state index contributed by atoms with van der Waals surface area (Å²) in [5, 5.41) is 11.5. The highest BCUT2D eigenvalue weighted by atomic mass is 35.5. The second-order valence-electron chi connectivity index (χ2n) is 3.99. The van der Waals surface area contributed by atoms with Crippen molar-refractivity contribution in [1.82, 2.24) is 0 Å². The molecule has 0 saturated heterocycles. The number of thiophene rings is 1. The van der Waals surface area contributed by atoms with E-state index in [0.29, 0.717) is 5.75 Å². The average Bonchev–Trinajstić information content (AvgIpc) is 2.67. The van der Waals surface area contributed by atoms with Crippen molar-refractivity contribution in [3.05, 3.63) is 51.2 Å². The summed E-state index contributed by atoms with van der Waals surface area (Å²) in [6.45, 7) is 3.96. The Morgan fingerprint density at radius 2 is 1.82 bits per heavy atom. The van der Waals surface area contributed by atoms with E-state index in [1.54, 1.807) is 23.5 Å². The van der Waals surface area contributed by atoms with Crippen molar-refractivity contribution in [1.29, 1.82) is 0 Å². The molecule has 17 heavy (non-hydrogen) atoms. The number of benzene rings is 1. The second kappa shape index (κ2) is 5.54. The molecule has 4 heteroatoms. The zero-order chi connectivity index (χ0) is 11.7. The predicted octanol–water partition coefficient (Wildman–Crippen LogP) is 3.54. The number of aryl methyl sites for hydroxylation is 2. The van der Waals surface area contributed by atoms with Crippen LogP contribution in [-0.2, 0) is 0 Å². The smallest absolute Gasteiger partial charge is 0.116 e. The number of aromatic hydroxyl groups is 1. The molecule has 0 aliphatic carbocycles. The quantitative estimate of drug-likeness (QED) is 0.876.